The molecule has 2 aromatic rings. The minimum Gasteiger partial charge on any atom is -0.504 e. The molecule has 0 fully saturated rings. The van der Waals surface area contributed by atoms with E-state index < -0.39 is 5.97 Å². The molecule has 0 aromatic heterocycles. The lowest BCUT2D eigenvalue weighted by Crippen LogP contribution is -2.24. The molecule has 1 heterocycles. The van der Waals surface area contributed by atoms with Crippen LogP contribution in [0.3, 0.4) is 0 Å². The van der Waals surface area contributed by atoms with Gasteiger partial charge in [-0.2, -0.15) is 0 Å². The van der Waals surface area contributed by atoms with Crippen LogP contribution in [0.5, 0.6) is 11.5 Å². The van der Waals surface area contributed by atoms with Gasteiger partial charge in [0.2, 0.25) is 0 Å². The highest BCUT2D eigenvalue weighted by Crippen LogP contribution is 2.38. The Morgan fingerprint density at radius 2 is 1.81 bits per heavy atom. The van der Waals surface area contributed by atoms with Gasteiger partial charge in [0, 0.05) is 16.9 Å². The highest BCUT2D eigenvalue weighted by atomic mass is 16.5. The minimum atomic E-state index is -0.577. The molecule has 1 aliphatic rings. The van der Waals surface area contributed by atoms with E-state index in [-0.39, 0.29) is 29.4 Å². The molecule has 0 aliphatic carbocycles. The molecule has 162 valence electrons. The number of hydrogen-bond acceptors (Lipinski definition) is 5. The number of allylic oxidation sites excluding steroid dienone is 1. The van der Waals surface area contributed by atoms with E-state index in [9.17, 15) is 14.7 Å². The molecule has 0 unspecified atom stereocenters. The molecule has 6 nitrogen and oxygen atoms in total. The Morgan fingerprint density at radius 1 is 1.06 bits per heavy atom. The topological polar surface area (TPSA) is 76.1 Å². The Morgan fingerprint density at radius 3 is 2.45 bits per heavy atom. The maximum absolute atomic E-state index is 13.5. The Kier molecular flexibility index (Phi) is 6.49. The van der Waals surface area contributed by atoms with Crippen molar-refractivity contribution in [2.45, 2.75) is 34.6 Å². The van der Waals surface area contributed by atoms with Gasteiger partial charge in [-0.25, -0.2) is 4.79 Å². The van der Waals surface area contributed by atoms with Crippen LogP contribution in [0.1, 0.15) is 37.5 Å². The predicted molar refractivity (Wildman–Crippen MR) is 120 cm³/mol. The number of rotatable bonds is 6. The Labute approximate surface area is 182 Å². The average molecular weight is 421 g/mol. The molecule has 0 saturated heterocycles. The van der Waals surface area contributed by atoms with Crippen molar-refractivity contribution >= 4 is 23.6 Å². The summed E-state index contributed by atoms with van der Waals surface area (Å²) in [6, 6.07) is 10.7. The van der Waals surface area contributed by atoms with E-state index in [1.807, 2.05) is 39.0 Å². The summed E-state index contributed by atoms with van der Waals surface area (Å²) >= 11 is 0. The molecule has 0 saturated carbocycles. The number of para-hydroxylation sites is 1. The monoisotopic (exact) mass is 421 g/mol. The molecule has 0 radical (unpaired) electrons. The normalized spacial score (nSPS) is 15.1. The quantitative estimate of drug-likeness (QED) is 0.542. The maximum atomic E-state index is 13.5. The number of aryl methyl sites for hydroxylation is 2. The van der Waals surface area contributed by atoms with Crippen molar-refractivity contribution in [1.29, 1.82) is 0 Å². The highest BCUT2D eigenvalue weighted by molar-refractivity contribution is 6.24. The minimum absolute atomic E-state index is 0.0878. The molecule has 6 heteroatoms. The predicted octanol–water partition coefficient (Wildman–Crippen LogP) is 4.68. The number of phenols is 1. The summed E-state index contributed by atoms with van der Waals surface area (Å²) < 4.78 is 10.7. The fraction of sp³-hybridized carbons (Fsp3) is 0.280. The summed E-state index contributed by atoms with van der Waals surface area (Å²) in [6.45, 7) is 9.79. The molecule has 1 amide bonds. The molecule has 1 aliphatic heterocycles. The largest absolute Gasteiger partial charge is 0.504 e. The van der Waals surface area contributed by atoms with Crippen molar-refractivity contribution in [3.8, 4) is 11.5 Å². The van der Waals surface area contributed by atoms with Crippen molar-refractivity contribution in [2.24, 2.45) is 0 Å². The molecular formula is C25H27NO5. The van der Waals surface area contributed by atoms with Crippen LogP contribution in [0.25, 0.3) is 6.08 Å². The maximum Gasteiger partial charge on any atom is 0.340 e. The molecular weight excluding hydrogens is 394 g/mol. The zero-order chi connectivity index (χ0) is 22.7. The number of benzene rings is 2. The molecule has 2 aromatic carbocycles. The first-order valence-corrected chi connectivity index (χ1v) is 10.3. The van der Waals surface area contributed by atoms with Gasteiger partial charge in [-0.05, 0) is 70.0 Å². The number of nitrogens with zero attached hydrogens (tertiary/aromatic N) is 1. The van der Waals surface area contributed by atoms with Crippen LogP contribution in [-0.2, 0) is 14.3 Å². The van der Waals surface area contributed by atoms with Gasteiger partial charge >= 0.3 is 5.97 Å². The SMILES string of the molecule is CCOC(=O)C1=C(C)N(c2ccc(C)c(C)c2)C(=O)/C1=C\c1cccc(OCC)c1O. The van der Waals surface area contributed by atoms with Gasteiger partial charge in [0.05, 0.1) is 24.4 Å². The number of amides is 1. The summed E-state index contributed by atoms with van der Waals surface area (Å²) in [5.41, 5.74) is 4.03. The van der Waals surface area contributed by atoms with Crippen LogP contribution in [-0.4, -0.2) is 30.2 Å². The molecule has 0 spiro atoms. The zero-order valence-corrected chi connectivity index (χ0v) is 18.5. The van der Waals surface area contributed by atoms with E-state index in [0.717, 1.165) is 11.1 Å². The standard InChI is InChI=1S/C25H27NO5/c1-6-30-21-10-8-9-18(23(21)27)14-20-22(25(29)31-7-2)17(5)26(24(20)28)19-12-11-15(3)16(4)13-19/h8-14,27H,6-7H2,1-5H3/b20-14-. The van der Waals surface area contributed by atoms with Gasteiger partial charge in [-0.3, -0.25) is 9.69 Å². The number of ether oxygens (including phenoxy) is 2. The molecule has 0 bridgehead atoms. The average Bonchev–Trinajstić information content (AvgIpc) is 2.97. The third-order valence-corrected chi connectivity index (χ3v) is 5.26. The van der Waals surface area contributed by atoms with Gasteiger partial charge in [-0.1, -0.05) is 18.2 Å². The Bertz CT molecular complexity index is 1100. The van der Waals surface area contributed by atoms with Crippen molar-refractivity contribution in [3.05, 3.63) is 69.9 Å². The third-order valence-electron chi connectivity index (χ3n) is 5.26. The summed E-state index contributed by atoms with van der Waals surface area (Å²) in [7, 11) is 0. The Balaban J connectivity index is 2.16. The number of hydrogen-bond donors (Lipinski definition) is 1. The number of anilines is 1. The molecule has 1 N–H and O–H groups in total. The second kappa shape index (κ2) is 9.08. The summed E-state index contributed by atoms with van der Waals surface area (Å²) in [5.74, 6) is -0.710. The summed E-state index contributed by atoms with van der Waals surface area (Å²) in [5, 5.41) is 10.6. The van der Waals surface area contributed by atoms with Crippen LogP contribution in [0.4, 0.5) is 5.69 Å². The lowest BCUT2D eigenvalue weighted by atomic mass is 10.0. The van der Waals surface area contributed by atoms with E-state index in [1.54, 1.807) is 32.0 Å². The Hall–Kier alpha value is -3.54. The number of aromatic hydroxyl groups is 1. The van der Waals surface area contributed by atoms with Crippen LogP contribution in [0, 0.1) is 13.8 Å². The number of carbonyl (C=O) groups excluding carboxylic acids is 2. The van der Waals surface area contributed by atoms with Crippen molar-refractivity contribution in [1.82, 2.24) is 0 Å². The fourth-order valence-corrected chi connectivity index (χ4v) is 3.54. The molecule has 31 heavy (non-hydrogen) atoms. The highest BCUT2D eigenvalue weighted by Gasteiger charge is 2.38. The van der Waals surface area contributed by atoms with E-state index in [0.29, 0.717) is 29.3 Å². The van der Waals surface area contributed by atoms with Gasteiger partial charge in [0.25, 0.3) is 5.91 Å². The van der Waals surface area contributed by atoms with Crippen LogP contribution in [0.15, 0.2) is 53.2 Å². The van der Waals surface area contributed by atoms with Crippen molar-refractivity contribution in [3.63, 3.8) is 0 Å². The van der Waals surface area contributed by atoms with E-state index in [4.69, 9.17) is 9.47 Å². The first-order chi connectivity index (χ1) is 14.8. The smallest absolute Gasteiger partial charge is 0.340 e. The van der Waals surface area contributed by atoms with Crippen LogP contribution >= 0.6 is 0 Å². The van der Waals surface area contributed by atoms with Crippen LogP contribution < -0.4 is 9.64 Å². The van der Waals surface area contributed by atoms with Gasteiger partial charge < -0.3 is 14.6 Å². The lowest BCUT2D eigenvalue weighted by Gasteiger charge is -2.19. The van der Waals surface area contributed by atoms with Crippen LogP contribution in [0.2, 0.25) is 0 Å². The van der Waals surface area contributed by atoms with Crippen molar-refractivity contribution in [2.75, 3.05) is 18.1 Å². The number of phenolic OH excluding ortho intramolecular Hbond substituents is 1. The second-order valence-corrected chi connectivity index (χ2v) is 7.28. The number of carbonyl (C=O) groups is 2. The lowest BCUT2D eigenvalue weighted by molar-refractivity contribution is -0.138. The first kappa shape index (κ1) is 22.2. The van der Waals surface area contributed by atoms with E-state index >= 15 is 0 Å². The van der Waals surface area contributed by atoms with E-state index in [1.165, 1.54) is 11.0 Å². The van der Waals surface area contributed by atoms with Gasteiger partial charge in [0.1, 0.15) is 0 Å². The van der Waals surface area contributed by atoms with Gasteiger partial charge in [-0.15, -0.1) is 0 Å². The fourth-order valence-electron chi connectivity index (χ4n) is 3.54. The molecule has 3 rings (SSSR count). The summed E-state index contributed by atoms with van der Waals surface area (Å²) in [4.78, 5) is 27.7. The zero-order valence-electron chi connectivity index (χ0n) is 18.5. The van der Waals surface area contributed by atoms with E-state index in [2.05, 4.69) is 0 Å². The van der Waals surface area contributed by atoms with Crippen molar-refractivity contribution < 1.29 is 24.2 Å². The third kappa shape index (κ3) is 4.19. The van der Waals surface area contributed by atoms with Gasteiger partial charge in [0.15, 0.2) is 11.5 Å². The first-order valence-electron chi connectivity index (χ1n) is 10.3. The number of esters is 1. The second-order valence-electron chi connectivity index (χ2n) is 7.28. The summed E-state index contributed by atoms with van der Waals surface area (Å²) in [6.07, 6.45) is 1.51. The molecule has 0 atom stereocenters.